The first-order chi connectivity index (χ1) is 7.79. The number of benzene rings is 1. The van der Waals surface area contributed by atoms with Gasteiger partial charge in [-0.15, -0.1) is 22.9 Å². The average molecular weight is 319 g/mol. The van der Waals surface area contributed by atoms with E-state index >= 15 is 0 Å². The van der Waals surface area contributed by atoms with Crippen molar-refractivity contribution < 1.29 is 4.74 Å². The minimum Gasteiger partial charge on any atom is -0.486 e. The quantitative estimate of drug-likeness (QED) is 0.787. The van der Waals surface area contributed by atoms with Crippen molar-refractivity contribution >= 4 is 38.9 Å². The molecule has 0 unspecified atom stereocenters. The maximum Gasteiger partial charge on any atom is 0.140 e. The fraction of sp³-hybridized carbons (Fsp3) is 0.182. The molecule has 84 valence electrons. The van der Waals surface area contributed by atoms with Crippen molar-refractivity contribution in [2.45, 2.75) is 12.5 Å². The SMILES string of the molecule is ClCc1cc(Br)ccc1OCc1nccs1. The molecule has 0 spiro atoms. The Morgan fingerprint density at radius 3 is 3.00 bits per heavy atom. The Bertz CT molecular complexity index is 461. The number of hydrogen-bond donors (Lipinski definition) is 0. The fourth-order valence-electron chi connectivity index (χ4n) is 1.26. The lowest BCUT2D eigenvalue weighted by Gasteiger charge is -2.08. The zero-order valence-corrected chi connectivity index (χ0v) is 11.5. The molecule has 0 aliphatic heterocycles. The van der Waals surface area contributed by atoms with Crippen LogP contribution in [-0.2, 0) is 12.5 Å². The average Bonchev–Trinajstić information content (AvgIpc) is 2.80. The molecule has 0 fully saturated rings. The first kappa shape index (κ1) is 11.9. The minimum absolute atomic E-state index is 0.437. The normalized spacial score (nSPS) is 10.4. The zero-order valence-electron chi connectivity index (χ0n) is 8.32. The highest BCUT2D eigenvalue weighted by molar-refractivity contribution is 9.10. The number of hydrogen-bond acceptors (Lipinski definition) is 3. The molecule has 2 rings (SSSR count). The smallest absolute Gasteiger partial charge is 0.140 e. The lowest BCUT2D eigenvalue weighted by molar-refractivity contribution is 0.303. The van der Waals surface area contributed by atoms with Crippen LogP contribution in [0, 0.1) is 0 Å². The van der Waals surface area contributed by atoms with Crippen molar-refractivity contribution in [1.29, 1.82) is 0 Å². The van der Waals surface area contributed by atoms with Crippen molar-refractivity contribution in [3.05, 3.63) is 44.8 Å². The first-order valence-electron chi connectivity index (χ1n) is 4.65. The maximum atomic E-state index is 5.85. The van der Waals surface area contributed by atoms with Crippen molar-refractivity contribution in [2.24, 2.45) is 0 Å². The van der Waals surface area contributed by atoms with Gasteiger partial charge in [0, 0.05) is 21.6 Å². The predicted molar refractivity (Wildman–Crippen MR) is 70.1 cm³/mol. The highest BCUT2D eigenvalue weighted by Crippen LogP contribution is 2.25. The third kappa shape index (κ3) is 2.97. The van der Waals surface area contributed by atoms with E-state index in [9.17, 15) is 0 Å². The van der Waals surface area contributed by atoms with Crippen molar-refractivity contribution in [2.75, 3.05) is 0 Å². The Labute approximate surface area is 111 Å². The summed E-state index contributed by atoms with van der Waals surface area (Å²) in [5, 5.41) is 2.89. The highest BCUT2D eigenvalue weighted by Gasteiger charge is 2.04. The summed E-state index contributed by atoms with van der Waals surface area (Å²) in [4.78, 5) is 4.16. The number of ether oxygens (including phenoxy) is 1. The van der Waals surface area contributed by atoms with Gasteiger partial charge in [0.15, 0.2) is 0 Å². The third-order valence-electron chi connectivity index (χ3n) is 2.00. The van der Waals surface area contributed by atoms with E-state index in [1.165, 1.54) is 0 Å². The number of alkyl halides is 1. The van der Waals surface area contributed by atoms with Gasteiger partial charge in [-0.25, -0.2) is 4.98 Å². The third-order valence-corrected chi connectivity index (χ3v) is 3.54. The summed E-state index contributed by atoms with van der Waals surface area (Å²) in [6, 6.07) is 5.81. The van der Waals surface area contributed by atoms with Gasteiger partial charge in [0.05, 0.1) is 5.88 Å². The molecule has 0 aliphatic rings. The number of thiazole rings is 1. The zero-order chi connectivity index (χ0) is 11.4. The molecular formula is C11H9BrClNOS. The van der Waals surface area contributed by atoms with E-state index in [4.69, 9.17) is 16.3 Å². The molecule has 0 radical (unpaired) electrons. The summed E-state index contributed by atoms with van der Waals surface area (Å²) in [6.45, 7) is 0.489. The molecule has 0 atom stereocenters. The van der Waals surface area contributed by atoms with Crippen LogP contribution in [-0.4, -0.2) is 4.98 Å². The van der Waals surface area contributed by atoms with Gasteiger partial charge in [-0.1, -0.05) is 15.9 Å². The number of aromatic nitrogens is 1. The van der Waals surface area contributed by atoms with Gasteiger partial charge in [-0.05, 0) is 18.2 Å². The van der Waals surface area contributed by atoms with Crippen LogP contribution < -0.4 is 4.74 Å². The molecule has 0 bridgehead atoms. The second-order valence-corrected chi connectivity index (χ2v) is 5.26. The molecule has 0 saturated carbocycles. The van der Waals surface area contributed by atoms with Gasteiger partial charge in [0.1, 0.15) is 17.4 Å². The summed E-state index contributed by atoms with van der Waals surface area (Å²) < 4.78 is 6.67. The van der Waals surface area contributed by atoms with E-state index in [-0.39, 0.29) is 0 Å². The molecule has 2 aromatic rings. The maximum absolute atomic E-state index is 5.85. The topological polar surface area (TPSA) is 22.1 Å². The second-order valence-electron chi connectivity index (χ2n) is 3.10. The largest absolute Gasteiger partial charge is 0.486 e. The van der Waals surface area contributed by atoms with Crippen LogP contribution in [0.3, 0.4) is 0 Å². The van der Waals surface area contributed by atoms with Crippen LogP contribution in [0.2, 0.25) is 0 Å². The standard InChI is InChI=1S/C11H9BrClNOS/c12-9-1-2-10(8(5-9)6-13)15-7-11-14-3-4-16-11/h1-5H,6-7H2. The second kappa shape index (κ2) is 5.66. The van der Waals surface area contributed by atoms with Crippen LogP contribution in [0.15, 0.2) is 34.2 Å². The molecule has 0 aliphatic carbocycles. The Kier molecular flexibility index (Phi) is 4.21. The van der Waals surface area contributed by atoms with Crippen LogP contribution in [0.1, 0.15) is 10.6 Å². The predicted octanol–water partition coefficient (Wildman–Crippen LogP) is 4.22. The lowest BCUT2D eigenvalue weighted by Crippen LogP contribution is -1.97. The Hall–Kier alpha value is -0.580. The van der Waals surface area contributed by atoms with E-state index in [2.05, 4.69) is 20.9 Å². The Morgan fingerprint density at radius 1 is 1.44 bits per heavy atom. The Balaban J connectivity index is 2.09. The van der Waals surface area contributed by atoms with Gasteiger partial charge in [0.2, 0.25) is 0 Å². The summed E-state index contributed by atoms with van der Waals surface area (Å²) in [5.41, 5.74) is 0.979. The monoisotopic (exact) mass is 317 g/mol. The molecule has 0 saturated heterocycles. The highest BCUT2D eigenvalue weighted by atomic mass is 79.9. The van der Waals surface area contributed by atoms with Crippen LogP contribution >= 0.6 is 38.9 Å². The summed E-state index contributed by atoms with van der Waals surface area (Å²) in [5.74, 6) is 1.25. The van der Waals surface area contributed by atoms with Crippen molar-refractivity contribution in [3.8, 4) is 5.75 Å². The van der Waals surface area contributed by atoms with E-state index in [0.29, 0.717) is 12.5 Å². The van der Waals surface area contributed by atoms with E-state index < -0.39 is 0 Å². The fourth-order valence-corrected chi connectivity index (χ4v) is 2.40. The van der Waals surface area contributed by atoms with Crippen LogP contribution in [0.5, 0.6) is 5.75 Å². The number of nitrogens with zero attached hydrogens (tertiary/aromatic N) is 1. The van der Waals surface area contributed by atoms with E-state index in [0.717, 1.165) is 20.8 Å². The molecule has 1 aromatic heterocycles. The Morgan fingerprint density at radius 2 is 2.31 bits per heavy atom. The van der Waals surface area contributed by atoms with Gasteiger partial charge >= 0.3 is 0 Å². The van der Waals surface area contributed by atoms with E-state index in [1.54, 1.807) is 17.5 Å². The molecule has 0 N–H and O–H groups in total. The summed E-state index contributed by atoms with van der Waals surface area (Å²) >= 11 is 10.8. The summed E-state index contributed by atoms with van der Waals surface area (Å²) in [7, 11) is 0. The number of rotatable bonds is 4. The van der Waals surface area contributed by atoms with E-state index in [1.807, 2.05) is 23.6 Å². The minimum atomic E-state index is 0.437. The molecule has 0 amide bonds. The molecule has 1 aromatic carbocycles. The molecule has 16 heavy (non-hydrogen) atoms. The summed E-state index contributed by atoms with van der Waals surface area (Å²) in [6.07, 6.45) is 1.77. The van der Waals surface area contributed by atoms with Crippen LogP contribution in [0.25, 0.3) is 0 Å². The van der Waals surface area contributed by atoms with Crippen LogP contribution in [0.4, 0.5) is 0 Å². The van der Waals surface area contributed by atoms with Gasteiger partial charge in [0.25, 0.3) is 0 Å². The van der Waals surface area contributed by atoms with Crippen molar-refractivity contribution in [3.63, 3.8) is 0 Å². The van der Waals surface area contributed by atoms with Crippen molar-refractivity contribution in [1.82, 2.24) is 4.98 Å². The number of halogens is 2. The molecule has 2 nitrogen and oxygen atoms in total. The molecule has 1 heterocycles. The van der Waals surface area contributed by atoms with Gasteiger partial charge < -0.3 is 4.74 Å². The molecule has 5 heteroatoms. The first-order valence-corrected chi connectivity index (χ1v) is 6.86. The molecular weight excluding hydrogens is 310 g/mol. The van der Waals surface area contributed by atoms with Gasteiger partial charge in [-0.3, -0.25) is 0 Å². The lowest BCUT2D eigenvalue weighted by atomic mass is 10.2. The van der Waals surface area contributed by atoms with Gasteiger partial charge in [-0.2, -0.15) is 0 Å².